The molecule has 104 valence electrons. The highest BCUT2D eigenvalue weighted by molar-refractivity contribution is 5.70. The number of halogens is 1. The van der Waals surface area contributed by atoms with Gasteiger partial charge in [0, 0.05) is 17.5 Å². The standard InChI is InChI=1S/C17H18FNO/c1-17(2)10-20-16-6-4-11(7-15(16)17)14-8-13(18)5-3-12(14)9-19/h3-8H,9-10,19H2,1-2H3. The van der Waals surface area contributed by atoms with Crippen molar-refractivity contribution < 1.29 is 9.13 Å². The van der Waals surface area contributed by atoms with Crippen LogP contribution in [0.15, 0.2) is 36.4 Å². The van der Waals surface area contributed by atoms with Crippen LogP contribution in [0, 0.1) is 5.82 Å². The van der Waals surface area contributed by atoms with E-state index in [-0.39, 0.29) is 11.2 Å². The fraction of sp³-hybridized carbons (Fsp3) is 0.294. The van der Waals surface area contributed by atoms with Crippen molar-refractivity contribution in [3.63, 3.8) is 0 Å². The van der Waals surface area contributed by atoms with Gasteiger partial charge < -0.3 is 10.5 Å². The Kier molecular flexibility index (Phi) is 3.02. The second kappa shape index (κ2) is 4.60. The first kappa shape index (κ1) is 13.1. The fourth-order valence-corrected chi connectivity index (χ4v) is 2.68. The molecule has 3 heteroatoms. The molecule has 0 saturated carbocycles. The maximum absolute atomic E-state index is 13.5. The van der Waals surface area contributed by atoms with Gasteiger partial charge in [-0.1, -0.05) is 26.0 Å². The molecule has 0 atom stereocenters. The van der Waals surface area contributed by atoms with Gasteiger partial charge in [0.15, 0.2) is 0 Å². The summed E-state index contributed by atoms with van der Waals surface area (Å²) >= 11 is 0. The van der Waals surface area contributed by atoms with Crippen molar-refractivity contribution in [1.29, 1.82) is 0 Å². The van der Waals surface area contributed by atoms with E-state index >= 15 is 0 Å². The fourth-order valence-electron chi connectivity index (χ4n) is 2.68. The first-order valence-electron chi connectivity index (χ1n) is 6.77. The van der Waals surface area contributed by atoms with Crippen LogP contribution in [0.25, 0.3) is 11.1 Å². The summed E-state index contributed by atoms with van der Waals surface area (Å²) in [6.45, 7) is 5.38. The van der Waals surface area contributed by atoms with Crippen LogP contribution in [0.4, 0.5) is 4.39 Å². The first-order chi connectivity index (χ1) is 9.51. The number of fused-ring (bicyclic) bond motifs is 1. The molecule has 2 N–H and O–H groups in total. The van der Waals surface area contributed by atoms with E-state index in [1.165, 1.54) is 11.6 Å². The molecule has 2 aromatic rings. The van der Waals surface area contributed by atoms with E-state index in [2.05, 4.69) is 19.9 Å². The average Bonchev–Trinajstić information content (AvgIpc) is 2.74. The largest absolute Gasteiger partial charge is 0.492 e. The summed E-state index contributed by atoms with van der Waals surface area (Å²) in [6.07, 6.45) is 0. The van der Waals surface area contributed by atoms with Gasteiger partial charge in [0.1, 0.15) is 11.6 Å². The molecule has 0 amide bonds. The summed E-state index contributed by atoms with van der Waals surface area (Å²) in [5.74, 6) is 0.678. The van der Waals surface area contributed by atoms with Crippen molar-refractivity contribution in [3.05, 3.63) is 53.3 Å². The molecule has 0 radical (unpaired) electrons. The van der Waals surface area contributed by atoms with E-state index in [0.29, 0.717) is 13.2 Å². The van der Waals surface area contributed by atoms with E-state index in [0.717, 1.165) is 22.4 Å². The van der Waals surface area contributed by atoms with Gasteiger partial charge in [-0.2, -0.15) is 0 Å². The molecule has 20 heavy (non-hydrogen) atoms. The normalized spacial score (nSPS) is 15.8. The molecule has 0 aromatic heterocycles. The van der Waals surface area contributed by atoms with Gasteiger partial charge in [0.25, 0.3) is 0 Å². The molecule has 3 rings (SSSR count). The lowest BCUT2D eigenvalue weighted by atomic mass is 9.85. The molecule has 0 bridgehead atoms. The zero-order valence-corrected chi connectivity index (χ0v) is 11.7. The van der Waals surface area contributed by atoms with E-state index < -0.39 is 0 Å². The minimum Gasteiger partial charge on any atom is -0.492 e. The summed E-state index contributed by atoms with van der Waals surface area (Å²) in [5, 5.41) is 0. The summed E-state index contributed by atoms with van der Waals surface area (Å²) < 4.78 is 19.2. The third-order valence-electron chi connectivity index (χ3n) is 3.90. The minimum absolute atomic E-state index is 0.0124. The number of ether oxygens (including phenoxy) is 1. The lowest BCUT2D eigenvalue weighted by Crippen LogP contribution is -2.18. The van der Waals surface area contributed by atoms with E-state index in [9.17, 15) is 4.39 Å². The Bertz CT molecular complexity index is 664. The second-order valence-corrected chi connectivity index (χ2v) is 5.89. The third kappa shape index (κ3) is 2.08. The maximum atomic E-state index is 13.5. The Morgan fingerprint density at radius 2 is 2.00 bits per heavy atom. The van der Waals surface area contributed by atoms with E-state index in [1.807, 2.05) is 12.1 Å². The molecule has 0 aliphatic carbocycles. The molecular weight excluding hydrogens is 253 g/mol. The van der Waals surface area contributed by atoms with Crippen molar-refractivity contribution in [1.82, 2.24) is 0 Å². The molecule has 2 aromatic carbocycles. The highest BCUT2D eigenvalue weighted by Crippen LogP contribution is 2.41. The highest BCUT2D eigenvalue weighted by Gasteiger charge is 2.31. The number of hydrogen-bond acceptors (Lipinski definition) is 2. The monoisotopic (exact) mass is 271 g/mol. The van der Waals surface area contributed by atoms with Crippen molar-refractivity contribution >= 4 is 0 Å². The smallest absolute Gasteiger partial charge is 0.123 e. The zero-order chi connectivity index (χ0) is 14.3. The molecule has 1 aliphatic rings. The summed E-state index contributed by atoms with van der Waals surface area (Å²) in [5.41, 5.74) is 9.71. The third-order valence-corrected chi connectivity index (χ3v) is 3.90. The summed E-state index contributed by atoms with van der Waals surface area (Å²) in [7, 11) is 0. The Morgan fingerprint density at radius 1 is 1.20 bits per heavy atom. The predicted molar refractivity (Wildman–Crippen MR) is 78.2 cm³/mol. The van der Waals surface area contributed by atoms with Crippen LogP contribution in [-0.4, -0.2) is 6.61 Å². The van der Waals surface area contributed by atoms with Crippen molar-refractivity contribution in [3.8, 4) is 16.9 Å². The summed E-state index contributed by atoms with van der Waals surface area (Å²) in [6, 6.07) is 10.8. The Labute approximate surface area is 118 Å². The molecule has 2 nitrogen and oxygen atoms in total. The molecule has 0 unspecified atom stereocenters. The molecule has 1 aliphatic heterocycles. The SMILES string of the molecule is CC1(C)COc2ccc(-c3cc(F)ccc3CN)cc21. The predicted octanol–water partition coefficient (Wildman–Crippen LogP) is 3.62. The van der Waals surface area contributed by atoms with Crippen LogP contribution < -0.4 is 10.5 Å². The minimum atomic E-state index is -0.242. The van der Waals surface area contributed by atoms with Gasteiger partial charge in [-0.3, -0.25) is 0 Å². The first-order valence-corrected chi connectivity index (χ1v) is 6.77. The van der Waals surface area contributed by atoms with Gasteiger partial charge in [-0.25, -0.2) is 4.39 Å². The number of hydrogen-bond donors (Lipinski definition) is 1. The van der Waals surface area contributed by atoms with Crippen LogP contribution >= 0.6 is 0 Å². The number of rotatable bonds is 2. The Morgan fingerprint density at radius 3 is 2.75 bits per heavy atom. The van der Waals surface area contributed by atoms with E-state index in [4.69, 9.17) is 10.5 Å². The topological polar surface area (TPSA) is 35.2 Å². The van der Waals surface area contributed by atoms with Gasteiger partial charge in [-0.05, 0) is 41.0 Å². The Balaban J connectivity index is 2.15. The number of nitrogens with two attached hydrogens (primary N) is 1. The van der Waals surface area contributed by atoms with Crippen molar-refractivity contribution in [2.75, 3.05) is 6.61 Å². The van der Waals surface area contributed by atoms with Crippen molar-refractivity contribution in [2.45, 2.75) is 25.8 Å². The zero-order valence-electron chi connectivity index (χ0n) is 11.7. The van der Waals surface area contributed by atoms with Crippen LogP contribution in [0.3, 0.4) is 0 Å². The van der Waals surface area contributed by atoms with Gasteiger partial charge in [0.2, 0.25) is 0 Å². The highest BCUT2D eigenvalue weighted by atomic mass is 19.1. The lowest BCUT2D eigenvalue weighted by molar-refractivity contribution is 0.291. The maximum Gasteiger partial charge on any atom is 0.123 e. The van der Waals surface area contributed by atoms with Crippen LogP contribution in [0.2, 0.25) is 0 Å². The molecule has 1 heterocycles. The number of benzene rings is 2. The lowest BCUT2D eigenvalue weighted by Gasteiger charge is -2.16. The summed E-state index contributed by atoms with van der Waals surface area (Å²) in [4.78, 5) is 0. The molecular formula is C17H18FNO. The molecule has 0 spiro atoms. The molecule has 0 fully saturated rings. The van der Waals surface area contributed by atoms with Crippen LogP contribution in [0.5, 0.6) is 5.75 Å². The van der Waals surface area contributed by atoms with E-state index in [1.54, 1.807) is 12.1 Å². The molecule has 0 saturated heterocycles. The van der Waals surface area contributed by atoms with Gasteiger partial charge in [-0.15, -0.1) is 0 Å². The second-order valence-electron chi connectivity index (χ2n) is 5.89. The Hall–Kier alpha value is -1.87. The van der Waals surface area contributed by atoms with Gasteiger partial charge in [0.05, 0.1) is 6.61 Å². The van der Waals surface area contributed by atoms with Crippen LogP contribution in [-0.2, 0) is 12.0 Å². The van der Waals surface area contributed by atoms with Crippen molar-refractivity contribution in [2.24, 2.45) is 5.73 Å². The van der Waals surface area contributed by atoms with Gasteiger partial charge >= 0.3 is 0 Å². The van der Waals surface area contributed by atoms with Crippen LogP contribution in [0.1, 0.15) is 25.0 Å². The quantitative estimate of drug-likeness (QED) is 0.905. The average molecular weight is 271 g/mol.